The van der Waals surface area contributed by atoms with Crippen molar-refractivity contribution in [1.29, 1.82) is 0 Å². The number of rotatable bonds is 2. The van der Waals surface area contributed by atoms with Crippen molar-refractivity contribution in [2.45, 2.75) is 0 Å². The monoisotopic (exact) mass is 423 g/mol. The zero-order valence-electron chi connectivity index (χ0n) is 14.7. The first kappa shape index (κ1) is 17.7. The number of halogens is 2. The predicted octanol–water partition coefficient (Wildman–Crippen LogP) is 4.59. The van der Waals surface area contributed by atoms with Crippen molar-refractivity contribution < 1.29 is 4.42 Å². The van der Waals surface area contributed by atoms with Crippen molar-refractivity contribution >= 4 is 45.3 Å². The smallest absolute Gasteiger partial charge is 0.341 e. The molecule has 8 heteroatoms. The SMILES string of the molecule is O=c1c2oc3ccccc3c2n(-c2ccc(Cl)c(Cl)c2)c(=O)n1-c1cccnc1. The molecule has 0 aliphatic rings. The van der Waals surface area contributed by atoms with Crippen molar-refractivity contribution in [1.82, 2.24) is 14.1 Å². The predicted molar refractivity (Wildman–Crippen MR) is 113 cm³/mol. The number of benzene rings is 2. The molecule has 0 fully saturated rings. The largest absolute Gasteiger partial charge is 0.449 e. The van der Waals surface area contributed by atoms with Crippen LogP contribution >= 0.6 is 23.2 Å². The second kappa shape index (κ2) is 6.62. The third-order valence-electron chi connectivity index (χ3n) is 4.64. The molecule has 0 radical (unpaired) electrons. The van der Waals surface area contributed by atoms with Gasteiger partial charge in [0.1, 0.15) is 11.1 Å². The number of fused-ring (bicyclic) bond motifs is 3. The third-order valence-corrected chi connectivity index (χ3v) is 5.38. The van der Waals surface area contributed by atoms with Gasteiger partial charge in [0.25, 0.3) is 0 Å². The molecule has 0 aliphatic carbocycles. The van der Waals surface area contributed by atoms with Crippen LogP contribution < -0.4 is 11.2 Å². The lowest BCUT2D eigenvalue weighted by Crippen LogP contribution is -2.38. The summed E-state index contributed by atoms with van der Waals surface area (Å²) >= 11 is 12.2. The number of hydrogen-bond acceptors (Lipinski definition) is 4. The van der Waals surface area contributed by atoms with Crippen molar-refractivity contribution in [3.8, 4) is 11.4 Å². The highest BCUT2D eigenvalue weighted by atomic mass is 35.5. The van der Waals surface area contributed by atoms with E-state index in [9.17, 15) is 9.59 Å². The second-order valence-electron chi connectivity index (χ2n) is 6.34. The van der Waals surface area contributed by atoms with Crippen LogP contribution in [0.1, 0.15) is 0 Å². The van der Waals surface area contributed by atoms with Crippen LogP contribution in [-0.2, 0) is 0 Å². The fourth-order valence-electron chi connectivity index (χ4n) is 3.36. The zero-order chi connectivity index (χ0) is 20.1. The standard InChI is InChI=1S/C21H11Cl2N3O3/c22-15-8-7-12(10-16(15)23)25-18-14-5-1-2-6-17(14)29-19(18)20(27)26(21(25)28)13-4-3-9-24-11-13/h1-11H. The number of para-hydroxylation sites is 1. The molecule has 0 atom stereocenters. The summed E-state index contributed by atoms with van der Waals surface area (Å²) in [5, 5.41) is 1.29. The Morgan fingerprint density at radius 1 is 0.862 bits per heavy atom. The first-order chi connectivity index (χ1) is 14.1. The van der Waals surface area contributed by atoms with Crippen LogP contribution in [-0.4, -0.2) is 14.1 Å². The van der Waals surface area contributed by atoms with Gasteiger partial charge < -0.3 is 4.42 Å². The van der Waals surface area contributed by atoms with E-state index in [4.69, 9.17) is 27.6 Å². The fourth-order valence-corrected chi connectivity index (χ4v) is 3.65. The summed E-state index contributed by atoms with van der Waals surface area (Å²) in [6, 6.07) is 15.3. The molecule has 6 nitrogen and oxygen atoms in total. The average Bonchev–Trinajstić information content (AvgIpc) is 3.11. The van der Waals surface area contributed by atoms with Crippen molar-refractivity contribution in [3.05, 3.63) is 97.9 Å². The van der Waals surface area contributed by atoms with Gasteiger partial charge in [-0.2, -0.15) is 0 Å². The molecule has 0 aliphatic heterocycles. The second-order valence-corrected chi connectivity index (χ2v) is 7.16. The summed E-state index contributed by atoms with van der Waals surface area (Å²) in [6.45, 7) is 0. The lowest BCUT2D eigenvalue weighted by atomic mass is 10.2. The zero-order valence-corrected chi connectivity index (χ0v) is 16.2. The normalized spacial score (nSPS) is 11.4. The molecule has 0 amide bonds. The van der Waals surface area contributed by atoms with Gasteiger partial charge in [0.05, 0.1) is 27.6 Å². The van der Waals surface area contributed by atoms with E-state index >= 15 is 0 Å². The quantitative estimate of drug-likeness (QED) is 0.416. The Morgan fingerprint density at radius 3 is 2.45 bits per heavy atom. The summed E-state index contributed by atoms with van der Waals surface area (Å²) < 4.78 is 8.27. The topological polar surface area (TPSA) is 70.0 Å². The van der Waals surface area contributed by atoms with Crippen LogP contribution in [0.4, 0.5) is 0 Å². The maximum Gasteiger partial charge on any atom is 0.341 e. The number of furan rings is 1. The molecule has 0 N–H and O–H groups in total. The molecule has 0 saturated heterocycles. The minimum Gasteiger partial charge on any atom is -0.449 e. The molecule has 29 heavy (non-hydrogen) atoms. The number of nitrogens with zero attached hydrogens (tertiary/aromatic N) is 3. The number of hydrogen-bond donors (Lipinski definition) is 0. The molecular weight excluding hydrogens is 413 g/mol. The molecule has 3 aromatic heterocycles. The average molecular weight is 424 g/mol. The van der Waals surface area contributed by atoms with Gasteiger partial charge in [-0.25, -0.2) is 9.36 Å². The van der Waals surface area contributed by atoms with Crippen LogP contribution in [0.5, 0.6) is 0 Å². The molecule has 3 heterocycles. The summed E-state index contributed by atoms with van der Waals surface area (Å²) in [4.78, 5) is 30.7. The van der Waals surface area contributed by atoms with Crippen molar-refractivity contribution in [3.63, 3.8) is 0 Å². The Kier molecular flexibility index (Phi) is 4.04. The van der Waals surface area contributed by atoms with Gasteiger partial charge in [-0.15, -0.1) is 0 Å². The van der Waals surface area contributed by atoms with Crippen LogP contribution in [0.15, 0.2) is 81.0 Å². The van der Waals surface area contributed by atoms with E-state index in [-0.39, 0.29) is 10.6 Å². The molecule has 142 valence electrons. The summed E-state index contributed by atoms with van der Waals surface area (Å²) in [5.74, 6) is 0. The lowest BCUT2D eigenvalue weighted by Gasteiger charge is -2.12. The van der Waals surface area contributed by atoms with Gasteiger partial charge in [-0.05, 0) is 42.5 Å². The van der Waals surface area contributed by atoms with Crippen molar-refractivity contribution in [2.75, 3.05) is 0 Å². The molecule has 0 unspecified atom stereocenters. The Morgan fingerprint density at radius 2 is 1.69 bits per heavy atom. The Balaban J connectivity index is 2.03. The third kappa shape index (κ3) is 2.68. The van der Waals surface area contributed by atoms with E-state index in [2.05, 4.69) is 4.98 Å². The van der Waals surface area contributed by atoms with Gasteiger partial charge in [0.15, 0.2) is 0 Å². The van der Waals surface area contributed by atoms with Gasteiger partial charge in [-0.3, -0.25) is 14.3 Å². The lowest BCUT2D eigenvalue weighted by molar-refractivity contribution is 0.651. The highest BCUT2D eigenvalue weighted by Crippen LogP contribution is 2.30. The van der Waals surface area contributed by atoms with E-state index in [0.717, 1.165) is 4.57 Å². The molecule has 0 bridgehead atoms. The molecule has 5 rings (SSSR count). The first-order valence-corrected chi connectivity index (χ1v) is 9.37. The van der Waals surface area contributed by atoms with Crippen LogP contribution in [0.2, 0.25) is 10.0 Å². The Bertz CT molecular complexity index is 1520. The van der Waals surface area contributed by atoms with Gasteiger partial charge >= 0.3 is 11.2 Å². The molecule has 2 aromatic carbocycles. The van der Waals surface area contributed by atoms with E-state index in [1.165, 1.54) is 10.8 Å². The van der Waals surface area contributed by atoms with Crippen LogP contribution in [0.25, 0.3) is 33.4 Å². The van der Waals surface area contributed by atoms with Crippen LogP contribution in [0.3, 0.4) is 0 Å². The Hall–Kier alpha value is -3.35. The highest BCUT2D eigenvalue weighted by molar-refractivity contribution is 6.42. The minimum absolute atomic E-state index is 0.0562. The summed E-state index contributed by atoms with van der Waals surface area (Å²) in [7, 11) is 0. The minimum atomic E-state index is -0.569. The first-order valence-electron chi connectivity index (χ1n) is 8.61. The van der Waals surface area contributed by atoms with Crippen molar-refractivity contribution in [2.24, 2.45) is 0 Å². The summed E-state index contributed by atoms with van der Waals surface area (Å²) in [6.07, 6.45) is 3.00. The maximum atomic E-state index is 13.5. The van der Waals surface area contributed by atoms with Gasteiger partial charge in [0.2, 0.25) is 5.58 Å². The molecule has 0 spiro atoms. The van der Waals surface area contributed by atoms with E-state index in [1.54, 1.807) is 54.7 Å². The molecular formula is C21H11Cl2N3O3. The molecule has 5 aromatic rings. The number of pyridine rings is 1. The molecule has 0 saturated carbocycles. The fraction of sp³-hybridized carbons (Fsp3) is 0. The van der Waals surface area contributed by atoms with E-state index in [0.29, 0.717) is 32.9 Å². The van der Waals surface area contributed by atoms with Gasteiger partial charge in [0, 0.05) is 11.6 Å². The maximum absolute atomic E-state index is 13.5. The van der Waals surface area contributed by atoms with Crippen LogP contribution in [0, 0.1) is 0 Å². The van der Waals surface area contributed by atoms with E-state index < -0.39 is 11.2 Å². The Labute approximate surface area is 173 Å². The summed E-state index contributed by atoms with van der Waals surface area (Å²) in [5.41, 5.74) is 0.579. The number of aromatic nitrogens is 3. The van der Waals surface area contributed by atoms with E-state index in [1.807, 2.05) is 6.07 Å². The van der Waals surface area contributed by atoms with Gasteiger partial charge in [-0.1, -0.05) is 35.3 Å². The highest BCUT2D eigenvalue weighted by Gasteiger charge is 2.22.